The molecule has 0 fully saturated rings. The molecule has 1 unspecified atom stereocenters. The number of ether oxygens (including phenoxy) is 1. The maximum atomic E-state index is 6.36. The lowest BCUT2D eigenvalue weighted by Crippen LogP contribution is -2.15. The average molecular weight is 294 g/mol. The Morgan fingerprint density at radius 1 is 1.45 bits per heavy atom. The SMILES string of the molecule is CCc1nn(C)c(CC(N)c2cccc(OC)c2)c1Cl. The molecule has 2 rings (SSSR count). The van der Waals surface area contributed by atoms with Crippen LogP contribution in [-0.2, 0) is 19.9 Å². The van der Waals surface area contributed by atoms with Gasteiger partial charge in [-0.3, -0.25) is 4.68 Å². The van der Waals surface area contributed by atoms with E-state index in [0.29, 0.717) is 6.42 Å². The van der Waals surface area contributed by atoms with Gasteiger partial charge in [0.05, 0.1) is 23.5 Å². The first-order chi connectivity index (χ1) is 9.56. The predicted octanol–water partition coefficient (Wildman–Crippen LogP) is 2.89. The van der Waals surface area contributed by atoms with Crippen molar-refractivity contribution >= 4 is 11.6 Å². The molecule has 2 aromatic rings. The van der Waals surface area contributed by atoms with Crippen LogP contribution in [0.5, 0.6) is 5.75 Å². The summed E-state index contributed by atoms with van der Waals surface area (Å²) in [5.74, 6) is 0.809. The molecule has 0 spiro atoms. The van der Waals surface area contributed by atoms with Crippen LogP contribution >= 0.6 is 11.6 Å². The van der Waals surface area contributed by atoms with Crippen LogP contribution < -0.4 is 10.5 Å². The normalized spacial score (nSPS) is 12.4. The molecule has 0 amide bonds. The van der Waals surface area contributed by atoms with Gasteiger partial charge in [-0.2, -0.15) is 5.10 Å². The van der Waals surface area contributed by atoms with Crippen LogP contribution in [0.2, 0.25) is 5.02 Å². The molecule has 1 aromatic carbocycles. The number of aromatic nitrogens is 2. The fourth-order valence-electron chi connectivity index (χ4n) is 2.24. The second kappa shape index (κ2) is 6.29. The molecular weight excluding hydrogens is 274 g/mol. The van der Waals surface area contributed by atoms with E-state index in [0.717, 1.165) is 34.1 Å². The predicted molar refractivity (Wildman–Crippen MR) is 81.2 cm³/mol. The van der Waals surface area contributed by atoms with Crippen LogP contribution in [0.3, 0.4) is 0 Å². The first-order valence-electron chi connectivity index (χ1n) is 6.66. The van der Waals surface area contributed by atoms with Crippen LogP contribution in [0.25, 0.3) is 0 Å². The Bertz CT molecular complexity index is 595. The first-order valence-corrected chi connectivity index (χ1v) is 7.04. The zero-order chi connectivity index (χ0) is 14.7. The van der Waals surface area contributed by atoms with E-state index in [1.54, 1.807) is 7.11 Å². The molecule has 0 aliphatic carbocycles. The summed E-state index contributed by atoms with van der Waals surface area (Å²) in [6.45, 7) is 2.04. The molecule has 0 saturated heterocycles. The van der Waals surface area contributed by atoms with Crippen LogP contribution in [0.1, 0.15) is 29.9 Å². The molecule has 5 heteroatoms. The van der Waals surface area contributed by atoms with Gasteiger partial charge in [0.1, 0.15) is 5.75 Å². The highest BCUT2D eigenvalue weighted by molar-refractivity contribution is 6.31. The van der Waals surface area contributed by atoms with Crippen molar-refractivity contribution in [1.82, 2.24) is 9.78 Å². The van der Waals surface area contributed by atoms with E-state index >= 15 is 0 Å². The number of methoxy groups -OCH3 is 1. The molecule has 2 N–H and O–H groups in total. The molecule has 1 heterocycles. The molecule has 4 nitrogen and oxygen atoms in total. The number of benzene rings is 1. The maximum Gasteiger partial charge on any atom is 0.119 e. The molecule has 0 aliphatic rings. The van der Waals surface area contributed by atoms with Gasteiger partial charge in [0.15, 0.2) is 0 Å². The zero-order valence-corrected chi connectivity index (χ0v) is 12.8. The topological polar surface area (TPSA) is 53.1 Å². The monoisotopic (exact) mass is 293 g/mol. The van der Waals surface area contributed by atoms with Gasteiger partial charge in [0.2, 0.25) is 0 Å². The summed E-state index contributed by atoms with van der Waals surface area (Å²) in [6, 6.07) is 7.66. The van der Waals surface area contributed by atoms with E-state index in [4.69, 9.17) is 22.1 Å². The third-order valence-electron chi connectivity index (χ3n) is 3.44. The molecule has 1 aromatic heterocycles. The van der Waals surface area contributed by atoms with Crippen LogP contribution in [0.4, 0.5) is 0 Å². The van der Waals surface area contributed by atoms with Crippen molar-refractivity contribution < 1.29 is 4.74 Å². The highest BCUT2D eigenvalue weighted by Crippen LogP contribution is 2.26. The quantitative estimate of drug-likeness (QED) is 0.922. The van der Waals surface area contributed by atoms with Gasteiger partial charge >= 0.3 is 0 Å². The third-order valence-corrected chi connectivity index (χ3v) is 3.87. The number of nitrogens with two attached hydrogens (primary N) is 1. The van der Waals surface area contributed by atoms with Gasteiger partial charge in [0, 0.05) is 19.5 Å². The van der Waals surface area contributed by atoms with E-state index < -0.39 is 0 Å². The summed E-state index contributed by atoms with van der Waals surface area (Å²) in [5, 5.41) is 5.14. The number of halogens is 1. The van der Waals surface area contributed by atoms with E-state index in [1.807, 2.05) is 42.9 Å². The third kappa shape index (κ3) is 2.97. The van der Waals surface area contributed by atoms with Crippen molar-refractivity contribution in [3.05, 3.63) is 46.2 Å². The highest BCUT2D eigenvalue weighted by Gasteiger charge is 2.17. The Labute approximate surface area is 124 Å². The smallest absolute Gasteiger partial charge is 0.119 e. The van der Waals surface area contributed by atoms with Crippen molar-refractivity contribution in [1.29, 1.82) is 0 Å². The Hall–Kier alpha value is -1.52. The van der Waals surface area contributed by atoms with Crippen molar-refractivity contribution in [2.45, 2.75) is 25.8 Å². The van der Waals surface area contributed by atoms with Crippen LogP contribution in [-0.4, -0.2) is 16.9 Å². The second-order valence-electron chi connectivity index (χ2n) is 4.77. The van der Waals surface area contributed by atoms with Crippen LogP contribution in [0, 0.1) is 0 Å². The van der Waals surface area contributed by atoms with Gasteiger partial charge in [-0.15, -0.1) is 0 Å². The van der Waals surface area contributed by atoms with Crippen molar-refractivity contribution in [3.63, 3.8) is 0 Å². The van der Waals surface area contributed by atoms with Crippen molar-refractivity contribution in [2.24, 2.45) is 12.8 Å². The van der Waals surface area contributed by atoms with E-state index in [1.165, 1.54) is 0 Å². The Balaban J connectivity index is 2.23. The number of hydrogen-bond donors (Lipinski definition) is 1. The van der Waals surface area contributed by atoms with Gasteiger partial charge < -0.3 is 10.5 Å². The maximum absolute atomic E-state index is 6.36. The zero-order valence-electron chi connectivity index (χ0n) is 12.1. The number of hydrogen-bond acceptors (Lipinski definition) is 3. The Morgan fingerprint density at radius 3 is 2.80 bits per heavy atom. The standard InChI is InChI=1S/C15H20ClN3O/c1-4-13-15(16)14(19(2)18-13)9-12(17)10-6-5-7-11(8-10)20-3/h5-8,12H,4,9,17H2,1-3H3. The molecule has 0 bridgehead atoms. The minimum atomic E-state index is -0.136. The van der Waals surface area contributed by atoms with Crippen LogP contribution in [0.15, 0.2) is 24.3 Å². The van der Waals surface area contributed by atoms with E-state index in [2.05, 4.69) is 5.10 Å². The van der Waals surface area contributed by atoms with Gasteiger partial charge in [0.25, 0.3) is 0 Å². The minimum absolute atomic E-state index is 0.136. The molecule has 0 saturated carbocycles. The van der Waals surface area contributed by atoms with E-state index in [-0.39, 0.29) is 6.04 Å². The summed E-state index contributed by atoms with van der Waals surface area (Å²) in [5.41, 5.74) is 9.20. The van der Waals surface area contributed by atoms with E-state index in [9.17, 15) is 0 Å². The molecule has 20 heavy (non-hydrogen) atoms. The summed E-state index contributed by atoms with van der Waals surface area (Å²) in [7, 11) is 3.55. The molecule has 0 radical (unpaired) electrons. The number of nitrogens with zero attached hydrogens (tertiary/aromatic N) is 2. The second-order valence-corrected chi connectivity index (χ2v) is 5.15. The lowest BCUT2D eigenvalue weighted by atomic mass is 10.0. The lowest BCUT2D eigenvalue weighted by molar-refractivity contribution is 0.413. The van der Waals surface area contributed by atoms with Crippen molar-refractivity contribution in [2.75, 3.05) is 7.11 Å². The lowest BCUT2D eigenvalue weighted by Gasteiger charge is -2.13. The molecule has 108 valence electrons. The fraction of sp³-hybridized carbons (Fsp3) is 0.400. The first kappa shape index (κ1) is 14.9. The largest absolute Gasteiger partial charge is 0.497 e. The summed E-state index contributed by atoms with van der Waals surface area (Å²) in [6.07, 6.45) is 1.47. The molecule has 1 atom stereocenters. The average Bonchev–Trinajstić information content (AvgIpc) is 2.74. The Morgan fingerprint density at radius 2 is 2.20 bits per heavy atom. The molecule has 0 aliphatic heterocycles. The minimum Gasteiger partial charge on any atom is -0.497 e. The highest BCUT2D eigenvalue weighted by atomic mass is 35.5. The number of aryl methyl sites for hydroxylation is 2. The summed E-state index contributed by atoms with van der Waals surface area (Å²) in [4.78, 5) is 0. The van der Waals surface area contributed by atoms with Gasteiger partial charge in [-0.05, 0) is 24.1 Å². The van der Waals surface area contributed by atoms with Crippen molar-refractivity contribution in [3.8, 4) is 5.75 Å². The molecular formula is C15H20ClN3O. The van der Waals surface area contributed by atoms with Gasteiger partial charge in [-0.1, -0.05) is 30.7 Å². The summed E-state index contributed by atoms with van der Waals surface area (Å²) >= 11 is 6.36. The summed E-state index contributed by atoms with van der Waals surface area (Å²) < 4.78 is 7.05. The number of rotatable bonds is 5. The Kier molecular flexibility index (Phi) is 4.68. The van der Waals surface area contributed by atoms with Gasteiger partial charge in [-0.25, -0.2) is 0 Å². The fourth-order valence-corrected chi connectivity index (χ4v) is 2.61.